The maximum atomic E-state index is 12.8. The quantitative estimate of drug-likeness (QED) is 0.819. The first-order chi connectivity index (χ1) is 10.7. The van der Waals surface area contributed by atoms with Crippen molar-refractivity contribution in [3.63, 3.8) is 0 Å². The van der Waals surface area contributed by atoms with E-state index < -0.39 is 9.84 Å². The lowest BCUT2D eigenvalue weighted by molar-refractivity contribution is -0.210. The number of anilines is 1. The summed E-state index contributed by atoms with van der Waals surface area (Å²) in [7, 11) is -0.0344. The molecule has 0 unspecified atom stereocenters. The standard InChI is InChI=1S/C15H15Cl2N3O2S/c1-20(2)12-5-6-14(19-18)15(8-12)23(21,22)9-10-3-4-11(16)7-13(10)17/h3-8,18H,9H2,1-2H3/p+1. The fraction of sp³-hybridized carbons (Fsp3) is 0.200. The molecule has 0 saturated carbocycles. The molecule has 8 heteroatoms. The number of sulfone groups is 1. The predicted molar refractivity (Wildman–Crippen MR) is 92.1 cm³/mol. The van der Waals surface area contributed by atoms with Crippen LogP contribution in [-0.2, 0) is 15.6 Å². The lowest BCUT2D eigenvalue weighted by Crippen LogP contribution is -2.22. The molecule has 0 spiro atoms. The van der Waals surface area contributed by atoms with Gasteiger partial charge < -0.3 is 4.90 Å². The molecular weight excluding hydrogens is 357 g/mol. The van der Waals surface area contributed by atoms with Crippen molar-refractivity contribution < 1.29 is 13.9 Å². The first kappa shape index (κ1) is 17.7. The van der Waals surface area contributed by atoms with E-state index in [4.69, 9.17) is 28.7 Å². The minimum Gasteiger partial charge on any atom is -0.378 e. The summed E-state index contributed by atoms with van der Waals surface area (Å²) >= 11 is 11.9. The molecule has 23 heavy (non-hydrogen) atoms. The summed E-state index contributed by atoms with van der Waals surface area (Å²) in [4.78, 5) is 1.87. The van der Waals surface area contributed by atoms with Crippen LogP contribution < -0.4 is 10.4 Å². The molecule has 0 aromatic heterocycles. The van der Waals surface area contributed by atoms with Gasteiger partial charge in [-0.05, 0) is 41.0 Å². The molecule has 0 saturated heterocycles. The molecular formula is C15H16Cl2N3O2S+. The first-order valence-corrected chi connectivity index (χ1v) is 9.04. The van der Waals surface area contributed by atoms with Gasteiger partial charge in [0.05, 0.1) is 5.75 Å². The van der Waals surface area contributed by atoms with Crippen molar-refractivity contribution in [1.29, 1.82) is 0 Å². The Balaban J connectivity index is 2.50. The maximum Gasteiger partial charge on any atom is 0.185 e. The molecule has 2 N–H and O–H groups in total. The van der Waals surface area contributed by atoms with E-state index in [0.717, 1.165) is 5.69 Å². The smallest absolute Gasteiger partial charge is 0.185 e. The molecule has 122 valence electrons. The number of rotatable bonds is 5. The average Bonchev–Trinajstić information content (AvgIpc) is 2.49. The van der Waals surface area contributed by atoms with E-state index in [1.165, 1.54) is 6.07 Å². The van der Waals surface area contributed by atoms with Crippen molar-refractivity contribution in [1.82, 2.24) is 0 Å². The molecule has 0 aliphatic rings. The Morgan fingerprint density at radius 3 is 2.39 bits per heavy atom. The van der Waals surface area contributed by atoms with Crippen LogP contribution in [0.3, 0.4) is 0 Å². The molecule has 2 rings (SSSR count). The van der Waals surface area contributed by atoms with Crippen LogP contribution in [0, 0.1) is 0 Å². The predicted octanol–water partition coefficient (Wildman–Crippen LogP) is 2.88. The highest BCUT2D eigenvalue weighted by Gasteiger charge is 2.23. The van der Waals surface area contributed by atoms with Crippen LogP contribution in [0.25, 0.3) is 0 Å². The zero-order valence-electron chi connectivity index (χ0n) is 12.6. The third kappa shape index (κ3) is 4.02. The molecule has 0 fully saturated rings. The Kier molecular flexibility index (Phi) is 5.29. The Hall–Kier alpha value is -1.63. The normalized spacial score (nSPS) is 11.3. The van der Waals surface area contributed by atoms with Gasteiger partial charge in [0, 0.05) is 29.8 Å². The van der Waals surface area contributed by atoms with Gasteiger partial charge in [0.1, 0.15) is 10.6 Å². The third-order valence-electron chi connectivity index (χ3n) is 3.29. The van der Waals surface area contributed by atoms with Gasteiger partial charge in [0.25, 0.3) is 0 Å². The molecule has 0 aliphatic heterocycles. The van der Waals surface area contributed by atoms with Crippen molar-refractivity contribution in [2.45, 2.75) is 10.6 Å². The van der Waals surface area contributed by atoms with Gasteiger partial charge in [-0.3, -0.25) is 0 Å². The van der Waals surface area contributed by atoms with Gasteiger partial charge in [-0.2, -0.15) is 5.53 Å². The molecule has 2 aromatic rings. The van der Waals surface area contributed by atoms with Gasteiger partial charge in [-0.15, -0.1) is 0 Å². The second kappa shape index (κ2) is 6.86. The van der Waals surface area contributed by atoms with Gasteiger partial charge in [0.2, 0.25) is 0 Å². The summed E-state index contributed by atoms with van der Waals surface area (Å²) in [6.45, 7) is 0. The largest absolute Gasteiger partial charge is 0.378 e. The monoisotopic (exact) mass is 372 g/mol. The van der Waals surface area contributed by atoms with Gasteiger partial charge in [-0.1, -0.05) is 29.3 Å². The van der Waals surface area contributed by atoms with Gasteiger partial charge in [0.15, 0.2) is 9.84 Å². The fourth-order valence-corrected chi connectivity index (χ4v) is 4.17. The van der Waals surface area contributed by atoms with E-state index in [1.54, 1.807) is 35.2 Å². The summed E-state index contributed by atoms with van der Waals surface area (Å²) < 4.78 is 25.5. The number of hydrogen-bond acceptors (Lipinski definition) is 4. The maximum absolute atomic E-state index is 12.8. The van der Waals surface area contributed by atoms with E-state index in [1.807, 2.05) is 14.1 Å². The SMILES string of the molecule is CN(C)c1ccc(N=[NH2+])c(S(=O)(=O)Cc2ccc(Cl)cc2Cl)c1. The summed E-state index contributed by atoms with van der Waals surface area (Å²) in [6.07, 6.45) is 0. The average molecular weight is 373 g/mol. The second-order valence-electron chi connectivity index (χ2n) is 5.17. The highest BCUT2D eigenvalue weighted by Crippen LogP contribution is 2.32. The van der Waals surface area contributed by atoms with Crippen LogP contribution in [0.5, 0.6) is 0 Å². The van der Waals surface area contributed by atoms with E-state index in [0.29, 0.717) is 15.6 Å². The number of nitrogens with two attached hydrogens (primary N) is 1. The Morgan fingerprint density at radius 2 is 1.83 bits per heavy atom. The first-order valence-electron chi connectivity index (χ1n) is 6.63. The number of halogens is 2. The fourth-order valence-electron chi connectivity index (χ4n) is 2.06. The summed E-state index contributed by atoms with van der Waals surface area (Å²) in [6, 6.07) is 9.58. The summed E-state index contributed by atoms with van der Waals surface area (Å²) in [5.41, 5.74) is 6.73. The molecule has 0 aliphatic carbocycles. The Bertz CT molecular complexity index is 852. The number of nitrogens with zero attached hydrogens (tertiary/aromatic N) is 2. The lowest BCUT2D eigenvalue weighted by atomic mass is 10.2. The van der Waals surface area contributed by atoms with E-state index in [2.05, 4.69) is 5.11 Å². The van der Waals surface area contributed by atoms with E-state index in [9.17, 15) is 8.42 Å². The Morgan fingerprint density at radius 1 is 1.13 bits per heavy atom. The van der Waals surface area contributed by atoms with Crippen molar-refractivity contribution in [2.24, 2.45) is 5.11 Å². The van der Waals surface area contributed by atoms with Crippen LogP contribution in [-0.4, -0.2) is 22.5 Å². The van der Waals surface area contributed by atoms with Crippen LogP contribution >= 0.6 is 23.2 Å². The van der Waals surface area contributed by atoms with Crippen molar-refractivity contribution in [2.75, 3.05) is 19.0 Å². The molecule has 0 amide bonds. The molecule has 0 radical (unpaired) electrons. The molecule has 0 bridgehead atoms. The van der Waals surface area contributed by atoms with Crippen LogP contribution in [0.2, 0.25) is 10.0 Å². The minimum atomic E-state index is -3.68. The van der Waals surface area contributed by atoms with E-state index in [-0.39, 0.29) is 16.3 Å². The topological polar surface area (TPSA) is 75.3 Å². The van der Waals surface area contributed by atoms with Crippen LogP contribution in [0.4, 0.5) is 11.4 Å². The molecule has 0 heterocycles. The highest BCUT2D eigenvalue weighted by molar-refractivity contribution is 7.90. The summed E-state index contributed by atoms with van der Waals surface area (Å²) in [5.74, 6) is -0.262. The third-order valence-corrected chi connectivity index (χ3v) is 5.57. The molecule has 5 nitrogen and oxygen atoms in total. The second-order valence-corrected chi connectivity index (χ2v) is 7.97. The Labute approximate surface area is 145 Å². The van der Waals surface area contributed by atoms with E-state index >= 15 is 0 Å². The zero-order chi connectivity index (χ0) is 17.2. The minimum absolute atomic E-state index is 0.0669. The van der Waals surface area contributed by atoms with Crippen LogP contribution in [0.15, 0.2) is 46.4 Å². The van der Waals surface area contributed by atoms with Crippen molar-refractivity contribution >= 4 is 44.4 Å². The summed E-state index contributed by atoms with van der Waals surface area (Å²) in [5, 5.41) is 4.31. The van der Waals surface area contributed by atoms with Gasteiger partial charge in [-0.25, -0.2) is 8.42 Å². The highest BCUT2D eigenvalue weighted by atomic mass is 35.5. The van der Waals surface area contributed by atoms with Gasteiger partial charge >= 0.3 is 0 Å². The molecule has 2 aromatic carbocycles. The van der Waals surface area contributed by atoms with Crippen molar-refractivity contribution in [3.05, 3.63) is 52.0 Å². The van der Waals surface area contributed by atoms with Crippen LogP contribution in [0.1, 0.15) is 5.56 Å². The zero-order valence-corrected chi connectivity index (χ0v) is 15.0. The number of benzene rings is 2. The molecule has 0 atom stereocenters. The number of hydrogen-bond donors (Lipinski definition) is 1. The van der Waals surface area contributed by atoms with Crippen molar-refractivity contribution in [3.8, 4) is 0 Å². The lowest BCUT2D eigenvalue weighted by Gasteiger charge is -2.15.